The third kappa shape index (κ3) is 5.34. The minimum atomic E-state index is -1.04. The summed E-state index contributed by atoms with van der Waals surface area (Å²) in [5.74, 6) is -0.953. The standard InChI is InChI=1S/C31H37NO3/c1-19-11-13-24(14-12-19)27-21(3)25-17-32(16-23-10-8-9-20(2)15-23)18-26(25)22(4)28(27)29(30(33)34)35-31(5,6)7/h8-15,29H,16-18H2,1-7H3,(H,33,34)/t29-/m0/s1. The van der Waals surface area contributed by atoms with Gasteiger partial charge in [0.05, 0.1) is 5.60 Å². The molecule has 3 aromatic rings. The third-order valence-corrected chi connectivity index (χ3v) is 6.87. The highest BCUT2D eigenvalue weighted by molar-refractivity contribution is 5.84. The van der Waals surface area contributed by atoms with Crippen molar-refractivity contribution in [2.75, 3.05) is 0 Å². The molecule has 0 unspecified atom stereocenters. The normalized spacial score (nSPS) is 14.7. The molecule has 4 nitrogen and oxygen atoms in total. The molecule has 0 radical (unpaired) electrons. The van der Waals surface area contributed by atoms with Gasteiger partial charge in [-0.05, 0) is 87.4 Å². The summed E-state index contributed by atoms with van der Waals surface area (Å²) in [6.45, 7) is 16.7. The Bertz CT molecular complexity index is 1250. The van der Waals surface area contributed by atoms with Gasteiger partial charge in [0.1, 0.15) is 0 Å². The van der Waals surface area contributed by atoms with Crippen molar-refractivity contribution in [1.82, 2.24) is 4.90 Å². The van der Waals surface area contributed by atoms with E-state index in [1.165, 1.54) is 27.8 Å². The first-order chi connectivity index (χ1) is 16.4. The van der Waals surface area contributed by atoms with Gasteiger partial charge in [-0.1, -0.05) is 59.7 Å². The van der Waals surface area contributed by atoms with Crippen molar-refractivity contribution >= 4 is 5.97 Å². The molecule has 0 bridgehead atoms. The second-order valence-corrected chi connectivity index (χ2v) is 10.9. The Morgan fingerprint density at radius 1 is 0.943 bits per heavy atom. The first-order valence-electron chi connectivity index (χ1n) is 12.3. The van der Waals surface area contributed by atoms with Crippen LogP contribution in [0.5, 0.6) is 0 Å². The van der Waals surface area contributed by atoms with Crippen LogP contribution < -0.4 is 0 Å². The lowest BCUT2D eigenvalue weighted by molar-refractivity contribution is -0.160. The molecular formula is C31H37NO3. The minimum Gasteiger partial charge on any atom is -0.479 e. The Morgan fingerprint density at radius 2 is 1.57 bits per heavy atom. The first kappa shape index (κ1) is 25.2. The van der Waals surface area contributed by atoms with Crippen LogP contribution in [0.15, 0.2) is 48.5 Å². The summed E-state index contributed by atoms with van der Waals surface area (Å²) < 4.78 is 6.19. The maximum atomic E-state index is 12.6. The van der Waals surface area contributed by atoms with Crippen molar-refractivity contribution in [3.05, 3.63) is 93.0 Å². The van der Waals surface area contributed by atoms with E-state index in [1.807, 2.05) is 20.8 Å². The van der Waals surface area contributed by atoms with Crippen molar-refractivity contribution in [2.24, 2.45) is 0 Å². The molecule has 3 aromatic carbocycles. The van der Waals surface area contributed by atoms with E-state index in [9.17, 15) is 9.90 Å². The molecule has 1 atom stereocenters. The number of nitrogens with zero attached hydrogens (tertiary/aromatic N) is 1. The van der Waals surface area contributed by atoms with Gasteiger partial charge in [-0.15, -0.1) is 0 Å². The molecule has 4 rings (SSSR count). The number of benzene rings is 3. The molecule has 0 saturated carbocycles. The maximum absolute atomic E-state index is 12.6. The van der Waals surface area contributed by atoms with E-state index in [1.54, 1.807) is 0 Å². The molecular weight excluding hydrogens is 434 g/mol. The Balaban J connectivity index is 1.86. The summed E-state index contributed by atoms with van der Waals surface area (Å²) in [5, 5.41) is 10.3. The first-order valence-corrected chi connectivity index (χ1v) is 12.3. The van der Waals surface area contributed by atoms with Crippen LogP contribution >= 0.6 is 0 Å². The van der Waals surface area contributed by atoms with Crippen LogP contribution in [-0.2, 0) is 29.2 Å². The fraction of sp³-hybridized carbons (Fsp3) is 0.387. The molecule has 1 aliphatic rings. The zero-order valence-corrected chi connectivity index (χ0v) is 22.0. The third-order valence-electron chi connectivity index (χ3n) is 6.87. The van der Waals surface area contributed by atoms with Crippen LogP contribution in [0.1, 0.15) is 71.4 Å². The zero-order chi connectivity index (χ0) is 25.5. The Morgan fingerprint density at radius 3 is 2.14 bits per heavy atom. The lowest BCUT2D eigenvalue weighted by Crippen LogP contribution is -2.28. The molecule has 0 aliphatic carbocycles. The number of carboxylic acid groups (broad SMARTS) is 1. The van der Waals surface area contributed by atoms with Crippen LogP contribution in [0.4, 0.5) is 0 Å². The summed E-state index contributed by atoms with van der Waals surface area (Å²) in [7, 11) is 0. The van der Waals surface area contributed by atoms with Gasteiger partial charge in [0, 0.05) is 25.2 Å². The predicted molar refractivity (Wildman–Crippen MR) is 141 cm³/mol. The fourth-order valence-electron chi connectivity index (χ4n) is 5.27. The second-order valence-electron chi connectivity index (χ2n) is 10.9. The van der Waals surface area contributed by atoms with Crippen LogP contribution in [0.2, 0.25) is 0 Å². The number of aryl methyl sites for hydroxylation is 2. The van der Waals surface area contributed by atoms with Crippen molar-refractivity contribution in [2.45, 2.75) is 79.8 Å². The maximum Gasteiger partial charge on any atom is 0.337 e. The van der Waals surface area contributed by atoms with Crippen molar-refractivity contribution < 1.29 is 14.6 Å². The summed E-state index contributed by atoms with van der Waals surface area (Å²) >= 11 is 0. The van der Waals surface area contributed by atoms with Crippen LogP contribution in [-0.4, -0.2) is 21.6 Å². The molecule has 0 spiro atoms. The molecule has 1 aliphatic heterocycles. The van der Waals surface area contributed by atoms with Crippen molar-refractivity contribution in [1.29, 1.82) is 0 Å². The number of carboxylic acids is 1. The van der Waals surface area contributed by atoms with Gasteiger partial charge in [0.2, 0.25) is 0 Å². The summed E-state index contributed by atoms with van der Waals surface area (Å²) in [5.41, 5.74) is 10.7. The summed E-state index contributed by atoms with van der Waals surface area (Å²) in [6.07, 6.45) is -1.04. The Labute approximate surface area is 209 Å². The molecule has 1 heterocycles. The number of rotatable bonds is 6. The van der Waals surface area contributed by atoms with Crippen molar-refractivity contribution in [3.8, 4) is 11.1 Å². The summed E-state index contributed by atoms with van der Waals surface area (Å²) in [4.78, 5) is 15.0. The number of aliphatic carboxylic acids is 1. The van der Waals surface area contributed by atoms with Gasteiger partial charge in [-0.25, -0.2) is 4.79 Å². The Hall–Kier alpha value is -2.95. The lowest BCUT2D eigenvalue weighted by atomic mass is 9.83. The second kappa shape index (κ2) is 9.60. The van der Waals surface area contributed by atoms with Gasteiger partial charge in [0.15, 0.2) is 6.10 Å². The van der Waals surface area contributed by atoms with Gasteiger partial charge in [-0.3, -0.25) is 4.90 Å². The highest BCUT2D eigenvalue weighted by Crippen LogP contribution is 2.43. The molecule has 184 valence electrons. The Kier molecular flexibility index (Phi) is 6.90. The van der Waals surface area contributed by atoms with Gasteiger partial charge < -0.3 is 9.84 Å². The summed E-state index contributed by atoms with van der Waals surface area (Å²) in [6, 6.07) is 17.0. The number of ether oxygens (including phenoxy) is 1. The minimum absolute atomic E-state index is 0.593. The van der Waals surface area contributed by atoms with E-state index in [2.05, 4.69) is 81.1 Å². The average molecular weight is 472 g/mol. The van der Waals surface area contributed by atoms with E-state index in [4.69, 9.17) is 4.74 Å². The quantitative estimate of drug-likeness (QED) is 0.419. The van der Waals surface area contributed by atoms with Crippen LogP contribution in [0.3, 0.4) is 0 Å². The number of hydrogen-bond donors (Lipinski definition) is 1. The fourth-order valence-corrected chi connectivity index (χ4v) is 5.27. The predicted octanol–water partition coefficient (Wildman–Crippen LogP) is 7.04. The van der Waals surface area contributed by atoms with Gasteiger partial charge in [-0.2, -0.15) is 0 Å². The van der Waals surface area contributed by atoms with Gasteiger partial charge in [0.25, 0.3) is 0 Å². The molecule has 0 amide bonds. The van der Waals surface area contributed by atoms with E-state index < -0.39 is 17.7 Å². The molecule has 0 aromatic heterocycles. The van der Waals surface area contributed by atoms with Gasteiger partial charge >= 0.3 is 5.97 Å². The van der Waals surface area contributed by atoms with Crippen molar-refractivity contribution in [3.63, 3.8) is 0 Å². The molecule has 4 heteroatoms. The van der Waals surface area contributed by atoms with E-state index in [-0.39, 0.29) is 0 Å². The van der Waals surface area contributed by atoms with Crippen LogP contribution in [0, 0.1) is 27.7 Å². The SMILES string of the molecule is Cc1ccc(-c2c(C)c3c(c(C)c2[C@H](OC(C)(C)C)C(=O)O)CN(Cc2cccc(C)c2)C3)cc1. The smallest absolute Gasteiger partial charge is 0.337 e. The highest BCUT2D eigenvalue weighted by atomic mass is 16.5. The molecule has 35 heavy (non-hydrogen) atoms. The molecule has 0 fully saturated rings. The van der Waals surface area contributed by atoms with E-state index >= 15 is 0 Å². The number of hydrogen-bond acceptors (Lipinski definition) is 3. The average Bonchev–Trinajstić information content (AvgIpc) is 3.19. The lowest BCUT2D eigenvalue weighted by Gasteiger charge is -2.30. The number of fused-ring (bicyclic) bond motifs is 1. The van der Waals surface area contributed by atoms with E-state index in [0.717, 1.165) is 47.5 Å². The van der Waals surface area contributed by atoms with Crippen LogP contribution in [0.25, 0.3) is 11.1 Å². The highest BCUT2D eigenvalue weighted by Gasteiger charge is 2.35. The molecule has 0 saturated heterocycles. The van der Waals surface area contributed by atoms with E-state index in [0.29, 0.717) is 0 Å². The monoisotopic (exact) mass is 471 g/mol. The topological polar surface area (TPSA) is 49.8 Å². The molecule has 1 N–H and O–H groups in total. The largest absolute Gasteiger partial charge is 0.479 e. The number of carbonyl (C=O) groups is 1. The zero-order valence-electron chi connectivity index (χ0n) is 22.0.